The summed E-state index contributed by atoms with van der Waals surface area (Å²) >= 11 is 1.17. The molecule has 0 saturated carbocycles. The van der Waals surface area contributed by atoms with E-state index in [2.05, 4.69) is 10.1 Å². The van der Waals surface area contributed by atoms with Gasteiger partial charge in [-0.3, -0.25) is 4.79 Å². The summed E-state index contributed by atoms with van der Waals surface area (Å²) in [7, 11) is 0. The maximum Gasteiger partial charge on any atom is 0.338 e. The number of nitrogens with two attached hydrogens (primary N) is 1. The van der Waals surface area contributed by atoms with Gasteiger partial charge in [-0.1, -0.05) is 11.2 Å². The highest BCUT2D eigenvalue weighted by molar-refractivity contribution is 7.13. The first kappa shape index (κ1) is 15.6. The highest BCUT2D eigenvalue weighted by atomic mass is 32.1. The molecule has 1 aromatic heterocycles. The number of carbonyl (C=O) groups is 1. The van der Waals surface area contributed by atoms with Gasteiger partial charge in [-0.15, -0.1) is 11.3 Å². The molecule has 2 N–H and O–H groups in total. The molecule has 8 heteroatoms. The van der Waals surface area contributed by atoms with Crippen LogP contribution in [0.3, 0.4) is 0 Å². The van der Waals surface area contributed by atoms with Crippen LogP contribution in [0, 0.1) is 0 Å². The summed E-state index contributed by atoms with van der Waals surface area (Å²) in [6.07, 6.45) is 1.63. The lowest BCUT2D eigenvalue weighted by Crippen LogP contribution is -2.06. The quantitative estimate of drug-likeness (QED) is 0.495. The molecule has 0 aliphatic heterocycles. The second-order valence-electron chi connectivity index (χ2n) is 3.95. The van der Waals surface area contributed by atoms with Crippen LogP contribution >= 0.6 is 11.3 Å². The number of thiazole rings is 1. The molecule has 0 fully saturated rings. The van der Waals surface area contributed by atoms with E-state index in [0.29, 0.717) is 10.7 Å². The van der Waals surface area contributed by atoms with E-state index >= 15 is 0 Å². The van der Waals surface area contributed by atoms with Gasteiger partial charge >= 0.3 is 5.97 Å². The zero-order chi connectivity index (χ0) is 15.9. The SMILES string of the molecule is CCOC(=O)c1cccc(O/N=C(/[C]=O)c2csc(N)n2)c1. The lowest BCUT2D eigenvalue weighted by atomic mass is 10.2. The third-order valence-electron chi connectivity index (χ3n) is 2.45. The molecule has 113 valence electrons. The summed E-state index contributed by atoms with van der Waals surface area (Å²) in [5.41, 5.74) is 5.97. The predicted octanol–water partition coefficient (Wildman–Crippen LogP) is 1.79. The number of carbonyl (C=O) groups excluding carboxylic acids is 2. The van der Waals surface area contributed by atoms with Gasteiger partial charge in [0, 0.05) is 5.38 Å². The van der Waals surface area contributed by atoms with Crippen molar-refractivity contribution in [2.75, 3.05) is 12.3 Å². The molecular formula is C14H12N3O4S. The molecule has 0 spiro atoms. The van der Waals surface area contributed by atoms with Crippen molar-refractivity contribution in [1.82, 2.24) is 4.98 Å². The Kier molecular flexibility index (Phi) is 5.21. The number of hydrogen-bond acceptors (Lipinski definition) is 8. The Morgan fingerprint density at radius 3 is 2.95 bits per heavy atom. The number of nitrogen functional groups attached to an aromatic ring is 1. The highest BCUT2D eigenvalue weighted by Gasteiger charge is 2.10. The molecule has 1 heterocycles. The molecule has 1 aromatic carbocycles. The summed E-state index contributed by atoms with van der Waals surface area (Å²) in [4.78, 5) is 31.6. The second-order valence-corrected chi connectivity index (χ2v) is 4.84. The molecule has 0 aliphatic carbocycles. The van der Waals surface area contributed by atoms with E-state index in [1.165, 1.54) is 17.4 Å². The molecule has 2 rings (SSSR count). The maximum absolute atomic E-state index is 11.6. The van der Waals surface area contributed by atoms with Crippen molar-refractivity contribution < 1.29 is 19.2 Å². The maximum atomic E-state index is 11.6. The van der Waals surface area contributed by atoms with Crippen LogP contribution in [0.5, 0.6) is 5.75 Å². The molecule has 0 unspecified atom stereocenters. The first-order valence-electron chi connectivity index (χ1n) is 6.25. The minimum absolute atomic E-state index is 0.116. The van der Waals surface area contributed by atoms with E-state index in [9.17, 15) is 9.59 Å². The summed E-state index contributed by atoms with van der Waals surface area (Å²) in [6.45, 7) is 1.99. The van der Waals surface area contributed by atoms with Crippen molar-refractivity contribution in [1.29, 1.82) is 0 Å². The van der Waals surface area contributed by atoms with Gasteiger partial charge in [0.15, 0.2) is 16.6 Å². The van der Waals surface area contributed by atoms with Crippen LogP contribution in [-0.4, -0.2) is 29.6 Å². The monoisotopic (exact) mass is 318 g/mol. The summed E-state index contributed by atoms with van der Waals surface area (Å²) in [6, 6.07) is 6.24. The van der Waals surface area contributed by atoms with E-state index in [4.69, 9.17) is 15.3 Å². The van der Waals surface area contributed by atoms with Crippen molar-refractivity contribution in [2.45, 2.75) is 6.92 Å². The topological polar surface area (TPSA) is 104 Å². The molecule has 7 nitrogen and oxygen atoms in total. The number of aromatic nitrogens is 1. The Hall–Kier alpha value is -2.74. The van der Waals surface area contributed by atoms with Crippen molar-refractivity contribution in [2.24, 2.45) is 5.16 Å². The van der Waals surface area contributed by atoms with Crippen LogP contribution in [0.2, 0.25) is 0 Å². The predicted molar refractivity (Wildman–Crippen MR) is 81.8 cm³/mol. The minimum atomic E-state index is -0.466. The van der Waals surface area contributed by atoms with Gasteiger partial charge in [-0.05, 0) is 25.1 Å². The van der Waals surface area contributed by atoms with Crippen LogP contribution in [0.4, 0.5) is 5.13 Å². The van der Waals surface area contributed by atoms with Crippen LogP contribution in [-0.2, 0) is 9.53 Å². The molecule has 0 atom stereocenters. The normalized spacial score (nSPS) is 11.0. The standard InChI is InChI=1S/C14H12N3O4S/c1-2-20-13(19)9-4-3-5-10(6-9)21-17-11(7-18)12-8-22-14(15)16-12/h3-6,8H,2H2,1H3,(H2,15,16)/b17-11-. The number of hydrogen-bond donors (Lipinski definition) is 1. The van der Waals surface area contributed by atoms with Gasteiger partial charge < -0.3 is 15.3 Å². The average molecular weight is 318 g/mol. The van der Waals surface area contributed by atoms with Gasteiger partial charge in [-0.2, -0.15) is 0 Å². The van der Waals surface area contributed by atoms with Crippen LogP contribution < -0.4 is 10.6 Å². The zero-order valence-electron chi connectivity index (χ0n) is 11.6. The molecule has 0 saturated heterocycles. The van der Waals surface area contributed by atoms with Crippen LogP contribution in [0.15, 0.2) is 34.8 Å². The third-order valence-corrected chi connectivity index (χ3v) is 3.12. The van der Waals surface area contributed by atoms with Gasteiger partial charge in [0.25, 0.3) is 6.29 Å². The number of nitrogens with zero attached hydrogens (tertiary/aromatic N) is 2. The Morgan fingerprint density at radius 1 is 1.50 bits per heavy atom. The Labute approximate surface area is 130 Å². The molecule has 0 amide bonds. The summed E-state index contributed by atoms with van der Waals surface area (Å²) in [5, 5.41) is 5.55. The fourth-order valence-corrected chi connectivity index (χ4v) is 2.05. The lowest BCUT2D eigenvalue weighted by molar-refractivity contribution is 0.0526. The first-order chi connectivity index (χ1) is 10.6. The average Bonchev–Trinajstić information content (AvgIpc) is 2.95. The molecular weight excluding hydrogens is 306 g/mol. The Bertz CT molecular complexity index is 712. The van der Waals surface area contributed by atoms with Gasteiger partial charge in [0.05, 0.1) is 12.2 Å². The molecule has 0 aliphatic rings. The van der Waals surface area contributed by atoms with Crippen LogP contribution in [0.25, 0.3) is 0 Å². The number of rotatable bonds is 6. The first-order valence-corrected chi connectivity index (χ1v) is 7.13. The Morgan fingerprint density at radius 2 is 2.32 bits per heavy atom. The summed E-state index contributed by atoms with van der Waals surface area (Å²) < 4.78 is 4.89. The van der Waals surface area contributed by atoms with Crippen molar-refractivity contribution in [3.63, 3.8) is 0 Å². The number of esters is 1. The smallest absolute Gasteiger partial charge is 0.338 e. The van der Waals surface area contributed by atoms with Crippen LogP contribution in [0.1, 0.15) is 23.0 Å². The van der Waals surface area contributed by atoms with E-state index in [1.54, 1.807) is 36.8 Å². The summed E-state index contributed by atoms with van der Waals surface area (Å²) in [5.74, 6) is -0.187. The van der Waals surface area contributed by atoms with E-state index < -0.39 is 5.97 Å². The van der Waals surface area contributed by atoms with Gasteiger partial charge in [-0.25, -0.2) is 9.78 Å². The molecule has 2 aromatic rings. The molecule has 1 radical (unpaired) electrons. The number of benzene rings is 1. The largest absolute Gasteiger partial charge is 0.462 e. The van der Waals surface area contributed by atoms with Gasteiger partial charge in [0.2, 0.25) is 0 Å². The van der Waals surface area contributed by atoms with E-state index in [-0.39, 0.29) is 23.8 Å². The fraction of sp³-hybridized carbons (Fsp3) is 0.143. The lowest BCUT2D eigenvalue weighted by Gasteiger charge is -2.03. The molecule has 22 heavy (non-hydrogen) atoms. The van der Waals surface area contributed by atoms with Gasteiger partial charge in [0.1, 0.15) is 5.69 Å². The third kappa shape index (κ3) is 3.89. The van der Waals surface area contributed by atoms with Crippen molar-refractivity contribution in [3.8, 4) is 5.75 Å². The van der Waals surface area contributed by atoms with Crippen molar-refractivity contribution >= 4 is 34.4 Å². The number of anilines is 1. The Balaban J connectivity index is 2.16. The minimum Gasteiger partial charge on any atom is -0.462 e. The number of oxime groups is 1. The fourth-order valence-electron chi connectivity index (χ4n) is 1.51. The highest BCUT2D eigenvalue weighted by Crippen LogP contribution is 2.16. The zero-order valence-corrected chi connectivity index (χ0v) is 12.4. The molecule has 0 bridgehead atoms. The van der Waals surface area contributed by atoms with E-state index in [1.807, 2.05) is 0 Å². The number of ether oxygens (including phenoxy) is 1. The second kappa shape index (κ2) is 7.32. The van der Waals surface area contributed by atoms with Crippen molar-refractivity contribution in [3.05, 3.63) is 40.9 Å². The van der Waals surface area contributed by atoms with E-state index in [0.717, 1.165) is 0 Å².